The Bertz CT molecular complexity index is 732. The second-order valence-corrected chi connectivity index (χ2v) is 9.10. The van der Waals surface area contributed by atoms with Gasteiger partial charge in [-0.05, 0) is 24.3 Å². The van der Waals surface area contributed by atoms with Crippen LogP contribution >= 0.6 is 23.4 Å². The molecule has 2 rings (SSSR count). The molecule has 1 aliphatic rings. The first-order chi connectivity index (χ1) is 12.3. The molecule has 1 saturated heterocycles. The summed E-state index contributed by atoms with van der Waals surface area (Å²) in [5, 5.41) is 0.476. The standard InChI is InChI=1S/C16H21ClN2O5S2/c1-24-16(21)6-11-25-12-15(20)18-7-9-19(10-8-18)26(22,23)14-4-2-13(17)3-5-14/h2-5H,6-12H2,1H3. The third-order valence-electron chi connectivity index (χ3n) is 3.95. The monoisotopic (exact) mass is 420 g/mol. The van der Waals surface area contributed by atoms with Crippen LogP contribution < -0.4 is 0 Å². The largest absolute Gasteiger partial charge is 0.469 e. The van der Waals surface area contributed by atoms with Crippen LogP contribution in [-0.2, 0) is 24.3 Å². The van der Waals surface area contributed by atoms with Gasteiger partial charge < -0.3 is 9.64 Å². The van der Waals surface area contributed by atoms with Gasteiger partial charge in [-0.1, -0.05) is 11.6 Å². The first kappa shape index (κ1) is 21.0. The second kappa shape index (κ2) is 9.59. The highest BCUT2D eigenvalue weighted by Gasteiger charge is 2.29. The molecular formula is C16H21ClN2O5S2. The van der Waals surface area contributed by atoms with Crippen molar-refractivity contribution in [2.75, 3.05) is 44.8 Å². The van der Waals surface area contributed by atoms with Crippen molar-refractivity contribution in [3.8, 4) is 0 Å². The molecule has 1 aromatic rings. The maximum absolute atomic E-state index is 12.6. The van der Waals surface area contributed by atoms with Crippen LogP contribution in [0, 0.1) is 0 Å². The number of carbonyl (C=O) groups excluding carboxylic acids is 2. The van der Waals surface area contributed by atoms with Gasteiger partial charge in [-0.25, -0.2) is 8.42 Å². The topological polar surface area (TPSA) is 84.0 Å². The van der Waals surface area contributed by atoms with Crippen molar-refractivity contribution in [1.82, 2.24) is 9.21 Å². The predicted octanol–water partition coefficient (Wildman–Crippen LogP) is 1.47. The third-order valence-corrected chi connectivity index (χ3v) is 7.06. The Balaban J connectivity index is 1.81. The molecule has 26 heavy (non-hydrogen) atoms. The van der Waals surface area contributed by atoms with Crippen LogP contribution in [0.2, 0.25) is 5.02 Å². The van der Waals surface area contributed by atoms with Gasteiger partial charge in [-0.2, -0.15) is 16.1 Å². The van der Waals surface area contributed by atoms with E-state index in [-0.39, 0.29) is 42.0 Å². The SMILES string of the molecule is COC(=O)CCSCC(=O)N1CCN(S(=O)(=O)c2ccc(Cl)cc2)CC1. The lowest BCUT2D eigenvalue weighted by molar-refractivity contribution is -0.140. The Labute approximate surface area is 162 Å². The maximum Gasteiger partial charge on any atom is 0.306 e. The van der Waals surface area contributed by atoms with Gasteiger partial charge in [-0.3, -0.25) is 9.59 Å². The number of benzene rings is 1. The lowest BCUT2D eigenvalue weighted by Gasteiger charge is -2.34. The Morgan fingerprint density at radius 3 is 2.35 bits per heavy atom. The summed E-state index contributed by atoms with van der Waals surface area (Å²) in [6, 6.07) is 6.04. The molecule has 0 atom stereocenters. The average Bonchev–Trinajstić information content (AvgIpc) is 2.65. The molecule has 1 aliphatic heterocycles. The zero-order valence-corrected chi connectivity index (χ0v) is 16.8. The van der Waals surface area contributed by atoms with E-state index in [2.05, 4.69) is 4.74 Å². The summed E-state index contributed by atoms with van der Waals surface area (Å²) in [5.41, 5.74) is 0. The van der Waals surface area contributed by atoms with E-state index < -0.39 is 10.0 Å². The Morgan fingerprint density at radius 1 is 1.15 bits per heavy atom. The molecule has 144 valence electrons. The molecule has 1 heterocycles. The van der Waals surface area contributed by atoms with E-state index in [1.807, 2.05) is 0 Å². The van der Waals surface area contributed by atoms with Crippen LogP contribution in [0.3, 0.4) is 0 Å². The van der Waals surface area contributed by atoms with Gasteiger partial charge in [0.1, 0.15) is 0 Å². The van der Waals surface area contributed by atoms with Crippen molar-refractivity contribution >= 4 is 45.3 Å². The fraction of sp³-hybridized carbons (Fsp3) is 0.500. The normalized spacial score (nSPS) is 15.7. The van der Waals surface area contributed by atoms with Crippen LogP contribution in [0.4, 0.5) is 0 Å². The molecule has 0 saturated carbocycles. The van der Waals surface area contributed by atoms with Gasteiger partial charge in [0, 0.05) is 37.0 Å². The molecule has 0 N–H and O–H groups in total. The lowest BCUT2D eigenvalue weighted by Crippen LogP contribution is -2.51. The van der Waals surface area contributed by atoms with Gasteiger partial charge in [-0.15, -0.1) is 0 Å². The molecule has 0 bridgehead atoms. The third kappa shape index (κ3) is 5.60. The molecule has 0 aliphatic carbocycles. The van der Waals surface area contributed by atoms with Crippen LogP contribution in [0.25, 0.3) is 0 Å². The summed E-state index contributed by atoms with van der Waals surface area (Å²) >= 11 is 7.17. The quantitative estimate of drug-likeness (QED) is 0.490. The zero-order chi connectivity index (χ0) is 19.2. The van der Waals surface area contributed by atoms with E-state index >= 15 is 0 Å². The smallest absolute Gasteiger partial charge is 0.306 e. The van der Waals surface area contributed by atoms with Gasteiger partial charge in [0.15, 0.2) is 0 Å². The van der Waals surface area contributed by atoms with E-state index in [1.165, 1.54) is 35.3 Å². The highest BCUT2D eigenvalue weighted by molar-refractivity contribution is 7.99. The number of halogens is 1. The lowest BCUT2D eigenvalue weighted by atomic mass is 10.3. The number of rotatable bonds is 7. The molecule has 0 radical (unpaired) electrons. The number of amides is 1. The molecular weight excluding hydrogens is 400 g/mol. The van der Waals surface area contributed by atoms with Gasteiger partial charge in [0.2, 0.25) is 15.9 Å². The van der Waals surface area contributed by atoms with E-state index in [0.29, 0.717) is 23.9 Å². The number of carbonyl (C=O) groups is 2. The molecule has 7 nitrogen and oxygen atoms in total. The highest BCUT2D eigenvalue weighted by atomic mass is 35.5. The Kier molecular flexibility index (Phi) is 7.75. The van der Waals surface area contributed by atoms with Gasteiger partial charge in [0.05, 0.1) is 24.2 Å². The van der Waals surface area contributed by atoms with Gasteiger partial charge in [0.25, 0.3) is 0 Å². The van der Waals surface area contributed by atoms with E-state index in [0.717, 1.165) is 0 Å². The fourth-order valence-corrected chi connectivity index (χ4v) is 4.80. The molecule has 0 spiro atoms. The van der Waals surface area contributed by atoms with E-state index in [9.17, 15) is 18.0 Å². The number of hydrogen-bond donors (Lipinski definition) is 0. The molecule has 10 heteroatoms. The van der Waals surface area contributed by atoms with Gasteiger partial charge >= 0.3 is 5.97 Å². The second-order valence-electron chi connectivity index (χ2n) is 5.62. The molecule has 0 aromatic heterocycles. The minimum atomic E-state index is -3.58. The summed E-state index contributed by atoms with van der Waals surface area (Å²) in [5.74, 6) is 0.430. The number of sulfonamides is 1. The zero-order valence-electron chi connectivity index (χ0n) is 14.4. The molecule has 1 fully saturated rings. The Hall–Kier alpha value is -1.29. The molecule has 1 amide bonds. The van der Waals surface area contributed by atoms with Crippen LogP contribution in [0.15, 0.2) is 29.2 Å². The number of nitrogens with zero attached hydrogens (tertiary/aromatic N) is 2. The number of piperazine rings is 1. The number of thioether (sulfide) groups is 1. The van der Waals surface area contributed by atoms with Crippen LogP contribution in [0.1, 0.15) is 6.42 Å². The van der Waals surface area contributed by atoms with E-state index in [4.69, 9.17) is 11.6 Å². The van der Waals surface area contributed by atoms with Crippen LogP contribution in [-0.4, -0.2) is 74.3 Å². The van der Waals surface area contributed by atoms with Crippen molar-refractivity contribution in [2.24, 2.45) is 0 Å². The van der Waals surface area contributed by atoms with Crippen molar-refractivity contribution in [3.63, 3.8) is 0 Å². The van der Waals surface area contributed by atoms with Crippen molar-refractivity contribution < 1.29 is 22.7 Å². The maximum atomic E-state index is 12.6. The van der Waals surface area contributed by atoms with Crippen LogP contribution in [0.5, 0.6) is 0 Å². The molecule has 1 aromatic carbocycles. The number of methoxy groups -OCH3 is 1. The minimum Gasteiger partial charge on any atom is -0.469 e. The highest BCUT2D eigenvalue weighted by Crippen LogP contribution is 2.20. The fourth-order valence-electron chi connectivity index (χ4n) is 2.44. The summed E-state index contributed by atoms with van der Waals surface area (Å²) in [6.45, 7) is 1.21. The van der Waals surface area contributed by atoms with Crippen molar-refractivity contribution in [1.29, 1.82) is 0 Å². The summed E-state index contributed by atoms with van der Waals surface area (Å²) < 4.78 is 31.1. The number of esters is 1. The first-order valence-electron chi connectivity index (χ1n) is 8.02. The Morgan fingerprint density at radius 2 is 1.77 bits per heavy atom. The van der Waals surface area contributed by atoms with Crippen molar-refractivity contribution in [2.45, 2.75) is 11.3 Å². The predicted molar refractivity (Wildman–Crippen MR) is 101 cm³/mol. The number of ether oxygens (including phenoxy) is 1. The number of hydrogen-bond acceptors (Lipinski definition) is 6. The summed E-state index contributed by atoms with van der Waals surface area (Å²) in [4.78, 5) is 25.1. The average molecular weight is 421 g/mol. The summed E-state index contributed by atoms with van der Waals surface area (Å²) in [7, 11) is -2.25. The van der Waals surface area contributed by atoms with E-state index in [1.54, 1.807) is 17.0 Å². The van der Waals surface area contributed by atoms with Crippen molar-refractivity contribution in [3.05, 3.63) is 29.3 Å². The minimum absolute atomic E-state index is 0.0524. The molecule has 0 unspecified atom stereocenters. The first-order valence-corrected chi connectivity index (χ1v) is 11.0. The summed E-state index contributed by atoms with van der Waals surface area (Å²) in [6.07, 6.45) is 0.265.